The van der Waals surface area contributed by atoms with Crippen LogP contribution < -0.4 is 15.0 Å². The number of anilines is 2. The van der Waals surface area contributed by atoms with E-state index in [1.165, 1.54) is 0 Å². The summed E-state index contributed by atoms with van der Waals surface area (Å²) in [6.45, 7) is 10.9. The second kappa shape index (κ2) is 8.56. The summed E-state index contributed by atoms with van der Waals surface area (Å²) >= 11 is 0. The molecular weight excluding hydrogens is 328 g/mol. The topological polar surface area (TPSA) is 58.6 Å². The largest absolute Gasteiger partial charge is 0.490 e. The third-order valence-electron chi connectivity index (χ3n) is 4.89. The number of hydrogen-bond acceptors (Lipinski definition) is 3. The van der Waals surface area contributed by atoms with Gasteiger partial charge in [-0.1, -0.05) is 26.7 Å². The number of carbonyl (C=O) groups excluding carboxylic acids is 2. The van der Waals surface area contributed by atoms with Crippen LogP contribution >= 0.6 is 0 Å². The van der Waals surface area contributed by atoms with Crippen LogP contribution in [0.5, 0.6) is 5.75 Å². The molecule has 5 nitrogen and oxygen atoms in total. The van der Waals surface area contributed by atoms with Gasteiger partial charge in [0, 0.05) is 24.2 Å². The fourth-order valence-electron chi connectivity index (χ4n) is 3.39. The molecule has 0 atom stereocenters. The van der Waals surface area contributed by atoms with E-state index >= 15 is 0 Å². The maximum absolute atomic E-state index is 12.7. The SMILES string of the molecule is CCCC(CCC)C(=O)Nc1ccc2c(c1)OCC(C)(C)C(=O)N2CC. The first kappa shape index (κ1) is 20.3. The van der Waals surface area contributed by atoms with Crippen LogP contribution in [0.3, 0.4) is 0 Å². The van der Waals surface area contributed by atoms with Crippen molar-refractivity contribution in [1.29, 1.82) is 0 Å². The van der Waals surface area contributed by atoms with Crippen LogP contribution in [0.2, 0.25) is 0 Å². The third-order valence-corrected chi connectivity index (χ3v) is 4.89. The number of nitrogens with zero attached hydrogens (tertiary/aromatic N) is 1. The molecule has 0 aromatic heterocycles. The summed E-state index contributed by atoms with van der Waals surface area (Å²) in [4.78, 5) is 27.1. The summed E-state index contributed by atoms with van der Waals surface area (Å²) in [6.07, 6.45) is 3.78. The first-order chi connectivity index (χ1) is 12.3. The van der Waals surface area contributed by atoms with Crippen molar-refractivity contribution in [2.24, 2.45) is 11.3 Å². The molecule has 144 valence electrons. The minimum Gasteiger partial charge on any atom is -0.490 e. The molecule has 1 heterocycles. The average molecular weight is 360 g/mol. The van der Waals surface area contributed by atoms with Crippen LogP contribution in [0.4, 0.5) is 11.4 Å². The fourth-order valence-corrected chi connectivity index (χ4v) is 3.39. The van der Waals surface area contributed by atoms with Gasteiger partial charge in [0.25, 0.3) is 0 Å². The van der Waals surface area contributed by atoms with Crippen molar-refractivity contribution in [1.82, 2.24) is 0 Å². The molecule has 1 aromatic carbocycles. The van der Waals surface area contributed by atoms with Crippen molar-refractivity contribution in [3.8, 4) is 5.75 Å². The molecule has 1 aliphatic heterocycles. The molecule has 26 heavy (non-hydrogen) atoms. The monoisotopic (exact) mass is 360 g/mol. The highest BCUT2D eigenvalue weighted by Crippen LogP contribution is 2.38. The standard InChI is InChI=1S/C21H32N2O3/c1-6-9-15(10-7-2)19(24)22-16-11-12-17-18(13-16)26-14-21(4,5)20(25)23(17)8-3/h11-13,15H,6-10,14H2,1-5H3,(H,22,24). The van der Waals surface area contributed by atoms with Crippen LogP contribution in [-0.2, 0) is 9.59 Å². The Bertz CT molecular complexity index is 649. The lowest BCUT2D eigenvalue weighted by Gasteiger charge is -2.26. The lowest BCUT2D eigenvalue weighted by Crippen LogP contribution is -2.42. The van der Waals surface area contributed by atoms with Gasteiger partial charge in [0.1, 0.15) is 12.4 Å². The minimum absolute atomic E-state index is 0.0392. The van der Waals surface area contributed by atoms with E-state index in [-0.39, 0.29) is 17.7 Å². The van der Waals surface area contributed by atoms with Crippen LogP contribution in [0, 0.1) is 11.3 Å². The molecule has 1 aromatic rings. The molecule has 0 saturated heterocycles. The molecule has 0 spiro atoms. The zero-order valence-corrected chi connectivity index (χ0v) is 16.7. The summed E-state index contributed by atoms with van der Waals surface area (Å²) in [5, 5.41) is 3.02. The molecular formula is C21H32N2O3. The normalized spacial score (nSPS) is 16.1. The van der Waals surface area contributed by atoms with Crippen molar-refractivity contribution < 1.29 is 14.3 Å². The van der Waals surface area contributed by atoms with E-state index in [0.717, 1.165) is 31.4 Å². The maximum Gasteiger partial charge on any atom is 0.236 e. The Balaban J connectivity index is 2.24. The van der Waals surface area contributed by atoms with Gasteiger partial charge in [0.15, 0.2) is 0 Å². The Labute approximate surface area is 157 Å². The van der Waals surface area contributed by atoms with Gasteiger partial charge in [-0.15, -0.1) is 0 Å². The average Bonchev–Trinajstić information content (AvgIpc) is 2.70. The zero-order chi connectivity index (χ0) is 19.3. The van der Waals surface area contributed by atoms with Crippen LogP contribution in [-0.4, -0.2) is 25.0 Å². The predicted octanol–water partition coefficient (Wildman–Crippen LogP) is 4.61. The van der Waals surface area contributed by atoms with E-state index in [1.54, 1.807) is 4.90 Å². The summed E-state index contributed by atoms with van der Waals surface area (Å²) < 4.78 is 5.93. The quantitative estimate of drug-likeness (QED) is 0.772. The van der Waals surface area contributed by atoms with Crippen LogP contribution in [0.25, 0.3) is 0 Å². The van der Waals surface area contributed by atoms with Crippen molar-refractivity contribution >= 4 is 23.2 Å². The Morgan fingerprint density at radius 2 is 1.88 bits per heavy atom. The number of amides is 2. The fraction of sp³-hybridized carbons (Fsp3) is 0.619. The molecule has 0 aliphatic carbocycles. The van der Waals surface area contributed by atoms with Crippen molar-refractivity contribution in [2.75, 3.05) is 23.4 Å². The lowest BCUT2D eigenvalue weighted by atomic mass is 9.93. The smallest absolute Gasteiger partial charge is 0.236 e. The summed E-state index contributed by atoms with van der Waals surface area (Å²) in [7, 11) is 0. The number of ether oxygens (including phenoxy) is 1. The molecule has 2 amide bonds. The van der Waals surface area contributed by atoms with Gasteiger partial charge in [0.2, 0.25) is 11.8 Å². The summed E-state index contributed by atoms with van der Waals surface area (Å²) in [5.74, 6) is 0.802. The molecule has 1 N–H and O–H groups in total. The summed E-state index contributed by atoms with van der Waals surface area (Å²) in [5.41, 5.74) is 0.903. The highest BCUT2D eigenvalue weighted by molar-refractivity contribution is 6.00. The van der Waals surface area contributed by atoms with Gasteiger partial charge in [-0.25, -0.2) is 0 Å². The van der Waals surface area contributed by atoms with E-state index < -0.39 is 5.41 Å². The molecule has 2 rings (SSSR count). The van der Waals surface area contributed by atoms with E-state index in [4.69, 9.17) is 4.74 Å². The van der Waals surface area contributed by atoms with Crippen molar-refractivity contribution in [3.63, 3.8) is 0 Å². The number of carbonyl (C=O) groups is 2. The minimum atomic E-state index is -0.578. The lowest BCUT2D eigenvalue weighted by molar-refractivity contribution is -0.127. The van der Waals surface area contributed by atoms with E-state index in [0.29, 0.717) is 24.6 Å². The molecule has 5 heteroatoms. The maximum atomic E-state index is 12.7. The molecule has 0 saturated carbocycles. The molecule has 0 bridgehead atoms. The van der Waals surface area contributed by atoms with Gasteiger partial charge in [-0.2, -0.15) is 0 Å². The van der Waals surface area contributed by atoms with Gasteiger partial charge in [-0.05, 0) is 45.7 Å². The second-order valence-electron chi connectivity index (χ2n) is 7.67. The van der Waals surface area contributed by atoms with E-state index in [2.05, 4.69) is 19.2 Å². The van der Waals surface area contributed by atoms with E-state index in [9.17, 15) is 9.59 Å². The highest BCUT2D eigenvalue weighted by Gasteiger charge is 2.37. The van der Waals surface area contributed by atoms with Crippen molar-refractivity contribution in [2.45, 2.75) is 60.3 Å². The zero-order valence-electron chi connectivity index (χ0n) is 16.7. The second-order valence-corrected chi connectivity index (χ2v) is 7.67. The molecule has 0 fully saturated rings. The number of nitrogens with one attached hydrogen (secondary N) is 1. The van der Waals surface area contributed by atoms with Gasteiger partial charge >= 0.3 is 0 Å². The first-order valence-corrected chi connectivity index (χ1v) is 9.73. The first-order valence-electron chi connectivity index (χ1n) is 9.73. The van der Waals surface area contributed by atoms with Crippen LogP contribution in [0.15, 0.2) is 18.2 Å². The third kappa shape index (κ3) is 4.37. The van der Waals surface area contributed by atoms with Gasteiger partial charge in [0.05, 0.1) is 11.1 Å². The Morgan fingerprint density at radius 1 is 1.23 bits per heavy atom. The van der Waals surface area contributed by atoms with Gasteiger partial charge in [-0.3, -0.25) is 9.59 Å². The summed E-state index contributed by atoms with van der Waals surface area (Å²) in [6, 6.07) is 5.55. The number of fused-ring (bicyclic) bond motifs is 1. The molecule has 0 unspecified atom stereocenters. The van der Waals surface area contributed by atoms with E-state index in [1.807, 2.05) is 39.0 Å². The number of benzene rings is 1. The Morgan fingerprint density at radius 3 is 2.46 bits per heavy atom. The van der Waals surface area contributed by atoms with Crippen molar-refractivity contribution in [3.05, 3.63) is 18.2 Å². The van der Waals surface area contributed by atoms with Crippen LogP contribution in [0.1, 0.15) is 60.3 Å². The number of hydrogen-bond donors (Lipinski definition) is 1. The Kier molecular flexibility index (Phi) is 6.68. The predicted molar refractivity (Wildman–Crippen MR) is 106 cm³/mol. The highest BCUT2D eigenvalue weighted by atomic mass is 16.5. The Hall–Kier alpha value is -2.04. The molecule has 0 radical (unpaired) electrons. The number of rotatable bonds is 7. The molecule has 1 aliphatic rings. The van der Waals surface area contributed by atoms with Gasteiger partial charge < -0.3 is 15.0 Å².